The molecule has 0 aliphatic carbocycles. The predicted molar refractivity (Wildman–Crippen MR) is 91.8 cm³/mol. The Kier molecular flexibility index (Phi) is 5.25. The molecule has 1 aromatic carbocycles. The lowest BCUT2D eigenvalue weighted by Crippen LogP contribution is -2.40. The molecule has 1 amide bonds. The van der Waals surface area contributed by atoms with Crippen molar-refractivity contribution in [2.45, 2.75) is 19.4 Å². The van der Waals surface area contributed by atoms with Gasteiger partial charge in [0.05, 0.1) is 7.11 Å². The predicted octanol–water partition coefficient (Wildman–Crippen LogP) is 2.02. The molecule has 2 heterocycles. The third kappa shape index (κ3) is 4.01. The smallest absolute Gasteiger partial charge is 0.233 e. The molecule has 1 aliphatic heterocycles. The average Bonchev–Trinajstić information content (AvgIpc) is 2.67. The van der Waals surface area contributed by atoms with Gasteiger partial charge in [-0.1, -0.05) is 30.3 Å². The molecule has 0 saturated carbocycles. The Balaban J connectivity index is 1.48. The van der Waals surface area contributed by atoms with Crippen molar-refractivity contribution in [2.75, 3.05) is 25.1 Å². The summed E-state index contributed by atoms with van der Waals surface area (Å²) in [6, 6.07) is 13.7. The number of methoxy groups -OCH3 is 1. The highest BCUT2D eigenvalue weighted by Crippen LogP contribution is 2.22. The standard InChI is InChI=1S/C18H22N4O2/c1-24-17-8-7-16(20-21-17)22-11-9-15(10-12-22)18(23)19-13-14-5-3-2-4-6-14/h2-8,15H,9-13H2,1H3,(H,19,23). The summed E-state index contributed by atoms with van der Waals surface area (Å²) in [7, 11) is 1.57. The molecule has 24 heavy (non-hydrogen) atoms. The van der Waals surface area contributed by atoms with Crippen molar-refractivity contribution in [1.29, 1.82) is 0 Å². The third-order valence-electron chi connectivity index (χ3n) is 4.33. The van der Waals surface area contributed by atoms with Crippen molar-refractivity contribution >= 4 is 11.7 Å². The second-order valence-corrected chi connectivity index (χ2v) is 5.90. The van der Waals surface area contributed by atoms with Gasteiger partial charge in [-0.15, -0.1) is 10.2 Å². The highest BCUT2D eigenvalue weighted by molar-refractivity contribution is 5.78. The summed E-state index contributed by atoms with van der Waals surface area (Å²) in [4.78, 5) is 14.5. The van der Waals surface area contributed by atoms with Crippen molar-refractivity contribution in [1.82, 2.24) is 15.5 Å². The van der Waals surface area contributed by atoms with E-state index in [9.17, 15) is 4.79 Å². The van der Waals surface area contributed by atoms with Crippen molar-refractivity contribution in [3.63, 3.8) is 0 Å². The van der Waals surface area contributed by atoms with Crippen LogP contribution < -0.4 is 15.0 Å². The average molecular weight is 326 g/mol. The maximum atomic E-state index is 12.3. The Hall–Kier alpha value is -2.63. The van der Waals surface area contributed by atoms with Gasteiger partial charge in [-0.2, -0.15) is 0 Å². The number of nitrogens with one attached hydrogen (secondary N) is 1. The Labute approximate surface area is 141 Å². The minimum absolute atomic E-state index is 0.0659. The molecule has 126 valence electrons. The first kappa shape index (κ1) is 16.2. The summed E-state index contributed by atoms with van der Waals surface area (Å²) in [6.07, 6.45) is 1.66. The van der Waals surface area contributed by atoms with Crippen LogP contribution in [0.5, 0.6) is 5.88 Å². The van der Waals surface area contributed by atoms with Gasteiger partial charge in [0.15, 0.2) is 5.82 Å². The molecule has 1 fully saturated rings. The van der Waals surface area contributed by atoms with E-state index in [2.05, 4.69) is 20.4 Å². The number of rotatable bonds is 5. The van der Waals surface area contributed by atoms with Crippen LogP contribution in [0.15, 0.2) is 42.5 Å². The second-order valence-electron chi connectivity index (χ2n) is 5.90. The van der Waals surface area contributed by atoms with E-state index in [4.69, 9.17) is 4.74 Å². The van der Waals surface area contributed by atoms with Gasteiger partial charge in [0.2, 0.25) is 11.8 Å². The largest absolute Gasteiger partial charge is 0.480 e. The lowest BCUT2D eigenvalue weighted by atomic mass is 9.96. The number of nitrogens with zero attached hydrogens (tertiary/aromatic N) is 3. The van der Waals surface area contributed by atoms with Crippen LogP contribution in [-0.4, -0.2) is 36.3 Å². The second kappa shape index (κ2) is 7.77. The van der Waals surface area contributed by atoms with E-state index in [-0.39, 0.29) is 11.8 Å². The fourth-order valence-corrected chi connectivity index (χ4v) is 2.89. The molecule has 0 spiro atoms. The van der Waals surface area contributed by atoms with Crippen LogP contribution in [0.25, 0.3) is 0 Å². The number of anilines is 1. The molecule has 1 N–H and O–H groups in total. The van der Waals surface area contributed by atoms with Crippen molar-refractivity contribution in [3.8, 4) is 5.88 Å². The summed E-state index contributed by atoms with van der Waals surface area (Å²) in [5.74, 6) is 1.54. The zero-order chi connectivity index (χ0) is 16.8. The van der Waals surface area contributed by atoms with Gasteiger partial charge in [-0.3, -0.25) is 4.79 Å². The third-order valence-corrected chi connectivity index (χ3v) is 4.33. The topological polar surface area (TPSA) is 67.3 Å². The SMILES string of the molecule is COc1ccc(N2CCC(C(=O)NCc3ccccc3)CC2)nn1. The van der Waals surface area contributed by atoms with E-state index in [1.54, 1.807) is 13.2 Å². The fraction of sp³-hybridized carbons (Fsp3) is 0.389. The Morgan fingerprint density at radius 3 is 2.54 bits per heavy atom. The van der Waals surface area contributed by atoms with Crippen molar-refractivity contribution in [2.24, 2.45) is 5.92 Å². The zero-order valence-electron chi connectivity index (χ0n) is 13.8. The summed E-state index contributed by atoms with van der Waals surface area (Å²) < 4.78 is 5.02. The summed E-state index contributed by atoms with van der Waals surface area (Å²) in [5, 5.41) is 11.2. The number of carbonyl (C=O) groups excluding carboxylic acids is 1. The molecule has 1 aromatic heterocycles. The number of amides is 1. The number of hydrogen-bond acceptors (Lipinski definition) is 5. The summed E-state index contributed by atoms with van der Waals surface area (Å²) in [5.41, 5.74) is 1.12. The number of piperidine rings is 1. The van der Waals surface area contributed by atoms with Crippen molar-refractivity contribution in [3.05, 3.63) is 48.0 Å². The van der Waals surface area contributed by atoms with Gasteiger partial charge in [-0.05, 0) is 24.5 Å². The number of benzene rings is 1. The quantitative estimate of drug-likeness (QED) is 0.910. The summed E-state index contributed by atoms with van der Waals surface area (Å²) >= 11 is 0. The minimum Gasteiger partial charge on any atom is -0.480 e. The van der Waals surface area contributed by atoms with Gasteiger partial charge in [0.1, 0.15) is 0 Å². The van der Waals surface area contributed by atoms with Crippen LogP contribution in [0.3, 0.4) is 0 Å². The van der Waals surface area contributed by atoms with Crippen molar-refractivity contribution < 1.29 is 9.53 Å². The van der Waals surface area contributed by atoms with E-state index in [1.807, 2.05) is 36.4 Å². The molecule has 0 radical (unpaired) electrons. The van der Waals surface area contributed by atoms with Crippen LogP contribution in [0.2, 0.25) is 0 Å². The Bertz CT molecular complexity index is 652. The molecule has 0 atom stereocenters. The van der Waals surface area contributed by atoms with E-state index >= 15 is 0 Å². The Morgan fingerprint density at radius 2 is 1.92 bits per heavy atom. The van der Waals surface area contributed by atoms with E-state index < -0.39 is 0 Å². The van der Waals surface area contributed by atoms with Crippen LogP contribution in [-0.2, 0) is 11.3 Å². The first-order chi connectivity index (χ1) is 11.8. The molecule has 6 nitrogen and oxygen atoms in total. The van der Waals surface area contributed by atoms with Gasteiger partial charge >= 0.3 is 0 Å². The van der Waals surface area contributed by atoms with E-state index in [1.165, 1.54) is 0 Å². The molecular formula is C18H22N4O2. The minimum atomic E-state index is 0.0659. The number of ether oxygens (including phenoxy) is 1. The maximum Gasteiger partial charge on any atom is 0.233 e. The number of aromatic nitrogens is 2. The highest BCUT2D eigenvalue weighted by Gasteiger charge is 2.25. The molecule has 0 unspecified atom stereocenters. The Morgan fingerprint density at radius 1 is 1.17 bits per heavy atom. The zero-order valence-corrected chi connectivity index (χ0v) is 13.8. The first-order valence-corrected chi connectivity index (χ1v) is 8.20. The molecule has 2 aromatic rings. The van der Waals surface area contributed by atoms with E-state index in [0.717, 1.165) is 37.3 Å². The van der Waals surface area contributed by atoms with Gasteiger partial charge in [-0.25, -0.2) is 0 Å². The van der Waals surface area contributed by atoms with Crippen LogP contribution in [0.4, 0.5) is 5.82 Å². The van der Waals surface area contributed by atoms with Crippen LogP contribution in [0, 0.1) is 5.92 Å². The van der Waals surface area contributed by atoms with Crippen LogP contribution >= 0.6 is 0 Å². The van der Waals surface area contributed by atoms with Gasteiger partial charge in [0, 0.05) is 31.6 Å². The molecule has 1 aliphatic rings. The number of carbonyl (C=O) groups is 1. The fourth-order valence-electron chi connectivity index (χ4n) is 2.89. The molecular weight excluding hydrogens is 304 g/mol. The van der Waals surface area contributed by atoms with Gasteiger partial charge in [0.25, 0.3) is 0 Å². The van der Waals surface area contributed by atoms with Crippen LogP contribution in [0.1, 0.15) is 18.4 Å². The van der Waals surface area contributed by atoms with Gasteiger partial charge < -0.3 is 15.0 Å². The highest BCUT2D eigenvalue weighted by atomic mass is 16.5. The molecule has 3 rings (SSSR count). The molecule has 1 saturated heterocycles. The molecule has 6 heteroatoms. The normalized spacial score (nSPS) is 15.1. The summed E-state index contributed by atoms with van der Waals surface area (Å²) in [6.45, 7) is 2.21. The first-order valence-electron chi connectivity index (χ1n) is 8.20. The maximum absolute atomic E-state index is 12.3. The van der Waals surface area contributed by atoms with E-state index in [0.29, 0.717) is 12.4 Å². The molecule has 0 bridgehead atoms. The lowest BCUT2D eigenvalue weighted by Gasteiger charge is -2.31. The lowest BCUT2D eigenvalue weighted by molar-refractivity contribution is -0.125. The number of hydrogen-bond donors (Lipinski definition) is 1. The monoisotopic (exact) mass is 326 g/mol.